The van der Waals surface area contributed by atoms with E-state index in [1.165, 1.54) is 39.0 Å². The van der Waals surface area contributed by atoms with Crippen LogP contribution in [0.4, 0.5) is 0 Å². The van der Waals surface area contributed by atoms with Crippen LogP contribution in [0.15, 0.2) is 0 Å². The fraction of sp³-hybridized carbons (Fsp3) is 1.00. The van der Waals surface area contributed by atoms with Crippen molar-refractivity contribution in [1.29, 1.82) is 0 Å². The number of nitrogens with zero attached hydrogens (tertiary/aromatic N) is 1. The predicted octanol–water partition coefficient (Wildman–Crippen LogP) is 2.20. The third-order valence-corrected chi connectivity index (χ3v) is 4.95. The molecule has 1 aliphatic carbocycles. The van der Waals surface area contributed by atoms with Gasteiger partial charge in [-0.1, -0.05) is 13.8 Å². The highest BCUT2D eigenvalue weighted by molar-refractivity contribution is 8.00. The van der Waals surface area contributed by atoms with Gasteiger partial charge in [0.25, 0.3) is 0 Å². The highest BCUT2D eigenvalue weighted by atomic mass is 32.2. The molecule has 1 saturated heterocycles. The lowest BCUT2D eigenvalue weighted by Gasteiger charge is -2.34. The van der Waals surface area contributed by atoms with Gasteiger partial charge in [-0.3, -0.25) is 4.90 Å². The first kappa shape index (κ1) is 12.7. The topological polar surface area (TPSA) is 15.3 Å². The van der Waals surface area contributed by atoms with E-state index in [-0.39, 0.29) is 0 Å². The van der Waals surface area contributed by atoms with Crippen molar-refractivity contribution in [3.05, 3.63) is 0 Å². The van der Waals surface area contributed by atoms with Crippen LogP contribution in [0.2, 0.25) is 0 Å². The van der Waals surface area contributed by atoms with Gasteiger partial charge < -0.3 is 5.32 Å². The minimum atomic E-state index is 0.744. The molecule has 1 heterocycles. The molecule has 94 valence electrons. The molecule has 2 nitrogen and oxygen atoms in total. The Kier molecular flexibility index (Phi) is 4.57. The molecule has 2 rings (SSSR count). The minimum Gasteiger partial charge on any atom is -0.313 e. The van der Waals surface area contributed by atoms with E-state index >= 15 is 0 Å². The first-order valence-corrected chi connectivity index (χ1v) is 7.70. The van der Waals surface area contributed by atoms with Gasteiger partial charge in [-0.15, -0.1) is 0 Å². The molecule has 0 spiro atoms. The molecule has 0 radical (unpaired) electrons. The van der Waals surface area contributed by atoms with Crippen molar-refractivity contribution >= 4 is 11.8 Å². The van der Waals surface area contributed by atoms with Gasteiger partial charge in [-0.05, 0) is 25.7 Å². The number of nitrogens with one attached hydrogen (secondary N) is 1. The smallest absolute Gasteiger partial charge is 0.0149 e. The highest BCUT2D eigenvalue weighted by Gasteiger charge is 2.27. The summed E-state index contributed by atoms with van der Waals surface area (Å²) in [5.41, 5.74) is 0. The number of thioether (sulfide) groups is 1. The summed E-state index contributed by atoms with van der Waals surface area (Å²) >= 11 is 2.14. The summed E-state index contributed by atoms with van der Waals surface area (Å²) < 4.78 is 0. The Morgan fingerprint density at radius 1 is 1.25 bits per heavy atom. The quantitative estimate of drug-likeness (QED) is 0.796. The van der Waals surface area contributed by atoms with Crippen molar-refractivity contribution in [3.8, 4) is 0 Å². The predicted molar refractivity (Wildman–Crippen MR) is 73.1 cm³/mol. The first-order valence-electron chi connectivity index (χ1n) is 6.76. The Morgan fingerprint density at radius 3 is 2.44 bits per heavy atom. The Hall–Kier alpha value is 0.270. The van der Waals surface area contributed by atoms with E-state index in [2.05, 4.69) is 42.7 Å². The molecule has 0 aromatic heterocycles. The summed E-state index contributed by atoms with van der Waals surface area (Å²) in [6.07, 6.45) is 2.89. The van der Waals surface area contributed by atoms with Gasteiger partial charge in [0.05, 0.1) is 0 Å². The lowest BCUT2D eigenvalue weighted by Crippen LogP contribution is -2.44. The number of hydrogen-bond acceptors (Lipinski definition) is 3. The maximum Gasteiger partial charge on any atom is 0.0149 e. The van der Waals surface area contributed by atoms with E-state index in [1.54, 1.807) is 0 Å². The molecule has 0 bridgehead atoms. The molecule has 3 heteroatoms. The second-order valence-electron chi connectivity index (χ2n) is 5.60. The standard InChI is InChI=1S/C13H26N2S/c1-10-8-15(9-11(2)16-10)7-6-14-12(3)13-4-5-13/h10-14H,4-9H2,1-3H3. The molecule has 0 aromatic carbocycles. The van der Waals surface area contributed by atoms with Crippen LogP contribution >= 0.6 is 11.8 Å². The lowest BCUT2D eigenvalue weighted by atomic mass is 10.2. The van der Waals surface area contributed by atoms with Crippen LogP contribution in [-0.2, 0) is 0 Å². The van der Waals surface area contributed by atoms with Crippen molar-refractivity contribution in [1.82, 2.24) is 10.2 Å². The monoisotopic (exact) mass is 242 g/mol. The maximum absolute atomic E-state index is 3.67. The first-order chi connectivity index (χ1) is 7.65. The molecule has 1 aliphatic heterocycles. The van der Waals surface area contributed by atoms with Crippen molar-refractivity contribution < 1.29 is 0 Å². The molecule has 2 fully saturated rings. The summed E-state index contributed by atoms with van der Waals surface area (Å²) in [6.45, 7) is 12.0. The van der Waals surface area contributed by atoms with Crippen LogP contribution in [0.5, 0.6) is 0 Å². The van der Waals surface area contributed by atoms with Crippen molar-refractivity contribution in [2.24, 2.45) is 5.92 Å². The second kappa shape index (κ2) is 5.74. The van der Waals surface area contributed by atoms with Gasteiger partial charge in [0.15, 0.2) is 0 Å². The molecule has 1 saturated carbocycles. The van der Waals surface area contributed by atoms with E-state index < -0.39 is 0 Å². The fourth-order valence-electron chi connectivity index (χ4n) is 2.68. The molecule has 3 atom stereocenters. The molecule has 0 aromatic rings. The van der Waals surface area contributed by atoms with E-state index in [4.69, 9.17) is 0 Å². The van der Waals surface area contributed by atoms with Crippen molar-refractivity contribution in [2.45, 2.75) is 50.2 Å². The Morgan fingerprint density at radius 2 is 1.88 bits per heavy atom. The molecule has 16 heavy (non-hydrogen) atoms. The van der Waals surface area contributed by atoms with Crippen LogP contribution in [-0.4, -0.2) is 47.6 Å². The zero-order chi connectivity index (χ0) is 11.5. The zero-order valence-electron chi connectivity index (χ0n) is 10.9. The molecular weight excluding hydrogens is 216 g/mol. The highest BCUT2D eigenvalue weighted by Crippen LogP contribution is 2.32. The van der Waals surface area contributed by atoms with E-state index in [1.807, 2.05) is 0 Å². The van der Waals surface area contributed by atoms with Crippen LogP contribution < -0.4 is 5.32 Å². The minimum absolute atomic E-state index is 0.744. The van der Waals surface area contributed by atoms with Gasteiger partial charge in [-0.25, -0.2) is 0 Å². The van der Waals surface area contributed by atoms with Gasteiger partial charge in [-0.2, -0.15) is 11.8 Å². The largest absolute Gasteiger partial charge is 0.313 e. The van der Waals surface area contributed by atoms with E-state index in [9.17, 15) is 0 Å². The summed E-state index contributed by atoms with van der Waals surface area (Å²) in [4.78, 5) is 2.62. The van der Waals surface area contributed by atoms with Gasteiger partial charge in [0.1, 0.15) is 0 Å². The van der Waals surface area contributed by atoms with Crippen molar-refractivity contribution in [3.63, 3.8) is 0 Å². The van der Waals surface area contributed by atoms with E-state index in [0.29, 0.717) is 0 Å². The summed E-state index contributed by atoms with van der Waals surface area (Å²) in [5, 5.41) is 5.29. The molecular formula is C13H26N2S. The van der Waals surface area contributed by atoms with Gasteiger partial charge in [0.2, 0.25) is 0 Å². The van der Waals surface area contributed by atoms with Crippen LogP contribution in [0, 0.1) is 5.92 Å². The van der Waals surface area contributed by atoms with Crippen LogP contribution in [0.1, 0.15) is 33.6 Å². The Bertz CT molecular complexity index is 208. The average molecular weight is 242 g/mol. The summed E-state index contributed by atoms with van der Waals surface area (Å²) in [7, 11) is 0. The van der Waals surface area contributed by atoms with Gasteiger partial charge in [0, 0.05) is 42.7 Å². The molecule has 1 N–H and O–H groups in total. The number of rotatable bonds is 5. The molecule has 3 unspecified atom stereocenters. The average Bonchev–Trinajstić information content (AvgIpc) is 2.98. The maximum atomic E-state index is 3.67. The van der Waals surface area contributed by atoms with Crippen LogP contribution in [0.25, 0.3) is 0 Å². The SMILES string of the molecule is CC1CN(CCNC(C)C2CC2)CC(C)S1. The number of hydrogen-bond donors (Lipinski definition) is 1. The third kappa shape index (κ3) is 3.94. The zero-order valence-corrected chi connectivity index (χ0v) is 11.7. The summed E-state index contributed by atoms with van der Waals surface area (Å²) in [6, 6.07) is 0.744. The fourth-order valence-corrected chi connectivity index (χ4v) is 4.07. The normalized spacial score (nSPS) is 33.9. The van der Waals surface area contributed by atoms with Crippen LogP contribution in [0.3, 0.4) is 0 Å². The van der Waals surface area contributed by atoms with Crippen molar-refractivity contribution in [2.75, 3.05) is 26.2 Å². The van der Waals surface area contributed by atoms with Gasteiger partial charge >= 0.3 is 0 Å². The third-order valence-electron chi connectivity index (χ3n) is 3.72. The molecule has 2 aliphatic rings. The summed E-state index contributed by atoms with van der Waals surface area (Å²) in [5.74, 6) is 0.981. The Labute approximate surface area is 105 Å². The van der Waals surface area contributed by atoms with E-state index in [0.717, 1.165) is 22.5 Å². The Balaban J connectivity index is 1.61. The lowest BCUT2D eigenvalue weighted by molar-refractivity contribution is 0.265. The molecule has 0 amide bonds. The second-order valence-corrected chi connectivity index (χ2v) is 7.48.